The number of rotatable bonds is 5. The van der Waals surface area contributed by atoms with E-state index in [1.165, 1.54) is 0 Å². The van der Waals surface area contributed by atoms with Crippen molar-refractivity contribution >= 4 is 0 Å². The number of benzene rings is 2. The van der Waals surface area contributed by atoms with E-state index in [2.05, 4.69) is 5.16 Å². The minimum atomic E-state index is -0.191. The van der Waals surface area contributed by atoms with E-state index in [0.717, 1.165) is 11.1 Å². The van der Waals surface area contributed by atoms with E-state index in [9.17, 15) is 5.11 Å². The highest BCUT2D eigenvalue weighted by molar-refractivity contribution is 5.76. The van der Waals surface area contributed by atoms with Gasteiger partial charge in [0.25, 0.3) is 0 Å². The van der Waals surface area contributed by atoms with Crippen LogP contribution in [0.5, 0.6) is 11.5 Å². The van der Waals surface area contributed by atoms with Gasteiger partial charge in [-0.3, -0.25) is 0 Å². The molecule has 0 atom stereocenters. The van der Waals surface area contributed by atoms with E-state index in [-0.39, 0.29) is 6.61 Å². The average molecular weight is 311 g/mol. The number of hydrogen-bond donors (Lipinski definition) is 1. The Morgan fingerprint density at radius 1 is 1.04 bits per heavy atom. The summed E-state index contributed by atoms with van der Waals surface area (Å²) in [4.78, 5) is 0. The lowest BCUT2D eigenvalue weighted by Crippen LogP contribution is -1.92. The standard InChI is InChI=1S/C18H17NO4/c1-21-13-7-5-6-12(10-13)17-15(11-20)18(23-19-17)14-8-3-4-9-16(14)22-2/h3-10,20H,11H2,1-2H3. The third-order valence-electron chi connectivity index (χ3n) is 3.64. The maximum atomic E-state index is 9.83. The summed E-state index contributed by atoms with van der Waals surface area (Å²) in [5.74, 6) is 1.88. The van der Waals surface area contributed by atoms with Crippen LogP contribution < -0.4 is 9.47 Å². The first-order valence-electron chi connectivity index (χ1n) is 7.15. The van der Waals surface area contributed by atoms with Gasteiger partial charge >= 0.3 is 0 Å². The fraction of sp³-hybridized carbons (Fsp3) is 0.167. The third kappa shape index (κ3) is 2.78. The summed E-state index contributed by atoms with van der Waals surface area (Å²) in [5, 5.41) is 14.0. The molecular formula is C18H17NO4. The second kappa shape index (κ2) is 6.54. The molecule has 5 heteroatoms. The van der Waals surface area contributed by atoms with E-state index in [4.69, 9.17) is 14.0 Å². The summed E-state index contributed by atoms with van der Waals surface area (Å²) in [6, 6.07) is 14.9. The molecule has 0 aliphatic carbocycles. The Bertz CT molecular complexity index is 810. The molecular weight excluding hydrogens is 294 g/mol. The van der Waals surface area contributed by atoms with Gasteiger partial charge < -0.3 is 19.1 Å². The van der Waals surface area contributed by atoms with E-state index >= 15 is 0 Å². The van der Waals surface area contributed by atoms with Crippen molar-refractivity contribution in [2.45, 2.75) is 6.61 Å². The highest BCUT2D eigenvalue weighted by Crippen LogP contribution is 2.37. The Hall–Kier alpha value is -2.79. The molecule has 23 heavy (non-hydrogen) atoms. The molecule has 0 aliphatic heterocycles. The number of aliphatic hydroxyl groups excluding tert-OH is 1. The number of aliphatic hydroxyl groups is 1. The molecule has 0 fully saturated rings. The van der Waals surface area contributed by atoms with Crippen LogP contribution in [0.1, 0.15) is 5.56 Å². The molecule has 118 valence electrons. The van der Waals surface area contributed by atoms with Crippen LogP contribution in [0.3, 0.4) is 0 Å². The first-order chi connectivity index (χ1) is 11.3. The molecule has 3 rings (SSSR count). The Morgan fingerprint density at radius 3 is 2.61 bits per heavy atom. The van der Waals surface area contributed by atoms with Crippen molar-refractivity contribution in [3.05, 3.63) is 54.1 Å². The molecule has 1 N–H and O–H groups in total. The van der Waals surface area contributed by atoms with E-state index in [1.807, 2.05) is 48.5 Å². The summed E-state index contributed by atoms with van der Waals surface area (Å²) >= 11 is 0. The number of aromatic nitrogens is 1. The third-order valence-corrected chi connectivity index (χ3v) is 3.64. The molecule has 2 aromatic carbocycles. The van der Waals surface area contributed by atoms with Gasteiger partial charge in [0, 0.05) is 5.56 Å². The van der Waals surface area contributed by atoms with Gasteiger partial charge in [0.1, 0.15) is 17.2 Å². The van der Waals surface area contributed by atoms with Gasteiger partial charge in [0.05, 0.1) is 32.0 Å². The second-order valence-electron chi connectivity index (χ2n) is 4.93. The van der Waals surface area contributed by atoms with Crippen molar-refractivity contribution in [1.29, 1.82) is 0 Å². The van der Waals surface area contributed by atoms with Gasteiger partial charge in [-0.05, 0) is 24.3 Å². The fourth-order valence-corrected chi connectivity index (χ4v) is 2.50. The Kier molecular flexibility index (Phi) is 4.30. The highest BCUT2D eigenvalue weighted by atomic mass is 16.5. The Balaban J connectivity index is 2.13. The Morgan fingerprint density at radius 2 is 1.87 bits per heavy atom. The fourth-order valence-electron chi connectivity index (χ4n) is 2.50. The topological polar surface area (TPSA) is 64.7 Å². The first-order valence-corrected chi connectivity index (χ1v) is 7.15. The second-order valence-corrected chi connectivity index (χ2v) is 4.93. The lowest BCUT2D eigenvalue weighted by Gasteiger charge is -2.07. The predicted octanol–water partition coefficient (Wildman–Crippen LogP) is 3.52. The maximum absolute atomic E-state index is 9.83. The molecule has 0 bridgehead atoms. The van der Waals surface area contributed by atoms with Crippen LogP contribution in [0.4, 0.5) is 0 Å². The van der Waals surface area contributed by atoms with Crippen LogP contribution in [0.25, 0.3) is 22.6 Å². The van der Waals surface area contributed by atoms with Crippen LogP contribution in [-0.2, 0) is 6.61 Å². The van der Waals surface area contributed by atoms with Crippen molar-refractivity contribution in [1.82, 2.24) is 5.16 Å². The number of nitrogens with zero attached hydrogens (tertiary/aromatic N) is 1. The molecule has 0 radical (unpaired) electrons. The van der Waals surface area contributed by atoms with Crippen LogP contribution >= 0.6 is 0 Å². The van der Waals surface area contributed by atoms with Crippen molar-refractivity contribution in [2.24, 2.45) is 0 Å². The summed E-state index contributed by atoms with van der Waals surface area (Å²) in [7, 11) is 3.20. The maximum Gasteiger partial charge on any atom is 0.176 e. The number of para-hydroxylation sites is 1. The number of methoxy groups -OCH3 is 2. The predicted molar refractivity (Wildman–Crippen MR) is 86.4 cm³/mol. The first kappa shape index (κ1) is 15.1. The zero-order valence-electron chi connectivity index (χ0n) is 12.9. The van der Waals surface area contributed by atoms with Crippen LogP contribution in [0, 0.1) is 0 Å². The molecule has 3 aromatic rings. The number of hydrogen-bond acceptors (Lipinski definition) is 5. The number of ether oxygens (including phenoxy) is 2. The molecule has 0 aliphatic rings. The minimum Gasteiger partial charge on any atom is -0.497 e. The molecule has 0 saturated heterocycles. The van der Waals surface area contributed by atoms with Crippen LogP contribution in [0.2, 0.25) is 0 Å². The highest BCUT2D eigenvalue weighted by Gasteiger charge is 2.21. The molecule has 1 aromatic heterocycles. The Labute approximate surface area is 134 Å². The van der Waals surface area contributed by atoms with E-state index < -0.39 is 0 Å². The lowest BCUT2D eigenvalue weighted by atomic mass is 10.0. The van der Waals surface area contributed by atoms with Gasteiger partial charge in [0.2, 0.25) is 0 Å². The normalized spacial score (nSPS) is 10.6. The minimum absolute atomic E-state index is 0.191. The molecule has 0 saturated carbocycles. The molecule has 0 spiro atoms. The van der Waals surface area contributed by atoms with Gasteiger partial charge in [-0.1, -0.05) is 29.4 Å². The summed E-state index contributed by atoms with van der Waals surface area (Å²) in [5.41, 5.74) is 2.77. The zero-order valence-corrected chi connectivity index (χ0v) is 12.9. The van der Waals surface area contributed by atoms with Crippen LogP contribution in [-0.4, -0.2) is 24.5 Å². The lowest BCUT2D eigenvalue weighted by molar-refractivity contribution is 0.281. The quantitative estimate of drug-likeness (QED) is 0.781. The van der Waals surface area contributed by atoms with Crippen molar-refractivity contribution in [2.75, 3.05) is 14.2 Å². The van der Waals surface area contributed by atoms with E-state index in [0.29, 0.717) is 28.5 Å². The van der Waals surface area contributed by atoms with Crippen molar-refractivity contribution in [3.63, 3.8) is 0 Å². The molecule has 0 unspecified atom stereocenters. The average Bonchev–Trinajstić information content (AvgIpc) is 3.05. The SMILES string of the molecule is COc1cccc(-c2noc(-c3ccccc3OC)c2CO)c1. The molecule has 1 heterocycles. The van der Waals surface area contributed by atoms with Gasteiger partial charge in [-0.2, -0.15) is 0 Å². The molecule has 0 amide bonds. The summed E-state index contributed by atoms with van der Waals surface area (Å²) < 4.78 is 16.1. The van der Waals surface area contributed by atoms with Gasteiger partial charge in [-0.15, -0.1) is 0 Å². The summed E-state index contributed by atoms with van der Waals surface area (Å²) in [6.07, 6.45) is 0. The van der Waals surface area contributed by atoms with Gasteiger partial charge in [-0.25, -0.2) is 0 Å². The monoisotopic (exact) mass is 311 g/mol. The van der Waals surface area contributed by atoms with E-state index in [1.54, 1.807) is 14.2 Å². The van der Waals surface area contributed by atoms with Crippen molar-refractivity contribution < 1.29 is 19.1 Å². The van der Waals surface area contributed by atoms with Gasteiger partial charge in [0.15, 0.2) is 5.76 Å². The molecule has 5 nitrogen and oxygen atoms in total. The van der Waals surface area contributed by atoms with Crippen molar-refractivity contribution in [3.8, 4) is 34.1 Å². The zero-order chi connectivity index (χ0) is 16.2. The smallest absolute Gasteiger partial charge is 0.176 e. The van der Waals surface area contributed by atoms with Crippen LogP contribution in [0.15, 0.2) is 53.1 Å². The summed E-state index contributed by atoms with van der Waals surface area (Å²) in [6.45, 7) is -0.191. The largest absolute Gasteiger partial charge is 0.497 e.